The van der Waals surface area contributed by atoms with Crippen molar-refractivity contribution in [3.8, 4) is 0 Å². The van der Waals surface area contributed by atoms with Crippen LogP contribution in [0.5, 0.6) is 0 Å². The van der Waals surface area contributed by atoms with Crippen LogP contribution in [0.4, 0.5) is 0 Å². The van der Waals surface area contributed by atoms with Crippen molar-refractivity contribution in [3.63, 3.8) is 0 Å². The lowest BCUT2D eigenvalue weighted by atomic mass is 10.6. The maximum absolute atomic E-state index is 3.91. The fraction of sp³-hybridized carbons (Fsp3) is 0. The van der Waals surface area contributed by atoms with E-state index in [9.17, 15) is 0 Å². The third-order valence-electron chi connectivity index (χ3n) is 1.10. The van der Waals surface area contributed by atoms with Gasteiger partial charge in [0, 0.05) is 1.43 Å². The molecule has 0 saturated carbocycles. The molecule has 0 aliphatic heterocycles. The van der Waals surface area contributed by atoms with Gasteiger partial charge >= 0.3 is 0 Å². The first kappa shape index (κ1) is 7.39. The zero-order valence-electron chi connectivity index (χ0n) is 4.98. The van der Waals surface area contributed by atoms with Crippen LogP contribution in [0.15, 0.2) is 18.9 Å². The van der Waals surface area contributed by atoms with Crippen molar-refractivity contribution in [1.29, 1.82) is 0 Å². The van der Waals surface area contributed by atoms with Crippen LogP contribution in [-0.2, 0) is 0 Å². The Morgan fingerprint density at radius 2 is 2.30 bits per heavy atom. The second kappa shape index (κ2) is 2.91. The van der Waals surface area contributed by atoms with E-state index in [1.165, 1.54) is 6.33 Å². The number of imidazole rings is 1. The maximum atomic E-state index is 3.91. The van der Waals surface area contributed by atoms with Gasteiger partial charge in [0.05, 0.1) is 12.5 Å². The number of aromatic amines is 1. The molecule has 10 heavy (non-hydrogen) atoms. The lowest BCUT2D eigenvalue weighted by molar-refractivity contribution is 1.20. The predicted octanol–water partition coefficient (Wildman–Crippen LogP) is 1.22. The molecule has 54 valence electrons. The summed E-state index contributed by atoms with van der Waals surface area (Å²) in [4.78, 5) is 14.5. The highest BCUT2D eigenvalue weighted by molar-refractivity contribution is 14.0. The molecule has 5 heteroatoms. The van der Waals surface area contributed by atoms with Gasteiger partial charge in [-0.1, -0.05) is 0 Å². The van der Waals surface area contributed by atoms with E-state index in [0.717, 1.165) is 5.52 Å². The normalized spacial score (nSPS) is 9.20. The van der Waals surface area contributed by atoms with Gasteiger partial charge in [-0.05, 0) is 0 Å². The number of aromatic nitrogens is 4. The summed E-state index contributed by atoms with van der Waals surface area (Å²) in [6, 6.07) is 0. The Kier molecular flexibility index (Phi) is 2.15. The smallest absolute Gasteiger partial charge is 0.180 e. The van der Waals surface area contributed by atoms with Crippen molar-refractivity contribution in [2.75, 3.05) is 0 Å². The second-order valence-electron chi connectivity index (χ2n) is 1.66. The van der Waals surface area contributed by atoms with Gasteiger partial charge in [-0.2, -0.15) is 0 Å². The summed E-state index contributed by atoms with van der Waals surface area (Å²) >= 11 is 0. The van der Waals surface area contributed by atoms with Gasteiger partial charge < -0.3 is 4.98 Å². The Labute approximate surface area is 75.6 Å². The fourth-order valence-electron chi connectivity index (χ4n) is 0.691. The third-order valence-corrected chi connectivity index (χ3v) is 1.10. The van der Waals surface area contributed by atoms with Crippen molar-refractivity contribution in [1.82, 2.24) is 19.9 Å². The first-order valence-corrected chi connectivity index (χ1v) is 2.56. The topological polar surface area (TPSA) is 54.5 Å². The monoisotopic (exact) mass is 250 g/mol. The number of fused-ring (bicyclic) bond motifs is 1. The maximum Gasteiger partial charge on any atom is 0.180 e. The van der Waals surface area contributed by atoms with Crippen molar-refractivity contribution in [2.45, 2.75) is 0 Å². The SMILES string of the molecule is I.[HH].c1ncc2[nH]cnc2n1. The van der Waals surface area contributed by atoms with Crippen LogP contribution in [0.3, 0.4) is 0 Å². The van der Waals surface area contributed by atoms with Crippen LogP contribution in [0.25, 0.3) is 11.2 Å². The molecule has 1 N–H and O–H groups in total. The fourth-order valence-corrected chi connectivity index (χ4v) is 0.691. The van der Waals surface area contributed by atoms with Gasteiger partial charge in [0.15, 0.2) is 5.65 Å². The summed E-state index contributed by atoms with van der Waals surface area (Å²) in [7, 11) is 0. The number of rotatable bonds is 0. The Balaban J connectivity index is 0.000000500. The molecule has 0 spiro atoms. The third kappa shape index (κ3) is 1.08. The zero-order chi connectivity index (χ0) is 6.10. The number of nitrogens with one attached hydrogen (secondary N) is 1. The predicted molar refractivity (Wildman–Crippen MR) is 49.2 cm³/mol. The molecule has 2 heterocycles. The Morgan fingerprint density at radius 1 is 1.40 bits per heavy atom. The molecule has 0 aliphatic rings. The Bertz CT molecular complexity index is 292. The molecule has 2 aromatic rings. The van der Waals surface area contributed by atoms with Gasteiger partial charge in [-0.3, -0.25) is 0 Å². The van der Waals surface area contributed by atoms with Crippen molar-refractivity contribution in [2.24, 2.45) is 0 Å². The van der Waals surface area contributed by atoms with Crippen molar-refractivity contribution < 1.29 is 1.43 Å². The molecular weight excluding hydrogens is 243 g/mol. The number of nitrogens with zero attached hydrogens (tertiary/aromatic N) is 3. The summed E-state index contributed by atoms with van der Waals surface area (Å²) in [6.45, 7) is 0. The first-order chi connectivity index (χ1) is 4.47. The van der Waals surface area contributed by atoms with E-state index in [-0.39, 0.29) is 25.4 Å². The van der Waals surface area contributed by atoms with Gasteiger partial charge in [0.1, 0.15) is 11.8 Å². The zero-order valence-corrected chi connectivity index (χ0v) is 7.31. The summed E-state index contributed by atoms with van der Waals surface area (Å²) in [6.07, 6.45) is 4.76. The van der Waals surface area contributed by atoms with Crippen LogP contribution in [0.2, 0.25) is 0 Å². The molecular formula is C5H7IN4. The van der Waals surface area contributed by atoms with E-state index in [2.05, 4.69) is 19.9 Å². The van der Waals surface area contributed by atoms with Gasteiger partial charge in [-0.15, -0.1) is 24.0 Å². The van der Waals surface area contributed by atoms with Gasteiger partial charge in [0.25, 0.3) is 0 Å². The highest BCUT2D eigenvalue weighted by Crippen LogP contribution is 1.99. The largest absolute Gasteiger partial charge is 0.342 e. The van der Waals surface area contributed by atoms with Crippen LogP contribution in [-0.4, -0.2) is 19.9 Å². The summed E-state index contributed by atoms with van der Waals surface area (Å²) in [5.74, 6) is 0. The number of hydrogen-bond acceptors (Lipinski definition) is 3. The molecule has 0 bridgehead atoms. The minimum Gasteiger partial charge on any atom is -0.342 e. The average Bonchev–Trinajstić information content (AvgIpc) is 2.33. The molecule has 0 radical (unpaired) electrons. The number of hydrogen-bond donors (Lipinski definition) is 1. The van der Waals surface area contributed by atoms with E-state index in [1.54, 1.807) is 12.5 Å². The van der Waals surface area contributed by atoms with Crippen molar-refractivity contribution >= 4 is 35.1 Å². The lowest BCUT2D eigenvalue weighted by Gasteiger charge is -1.80. The molecule has 2 aromatic heterocycles. The minimum atomic E-state index is 0. The molecule has 0 atom stereocenters. The lowest BCUT2D eigenvalue weighted by Crippen LogP contribution is -1.76. The molecule has 4 nitrogen and oxygen atoms in total. The molecule has 2 rings (SSSR count). The van der Waals surface area contributed by atoms with E-state index < -0.39 is 0 Å². The molecule has 0 unspecified atom stereocenters. The van der Waals surface area contributed by atoms with Crippen LogP contribution < -0.4 is 0 Å². The first-order valence-electron chi connectivity index (χ1n) is 2.56. The van der Waals surface area contributed by atoms with Gasteiger partial charge in [-0.25, -0.2) is 15.0 Å². The second-order valence-corrected chi connectivity index (χ2v) is 1.66. The highest BCUT2D eigenvalue weighted by Gasteiger charge is 1.91. The highest BCUT2D eigenvalue weighted by atomic mass is 127. The summed E-state index contributed by atoms with van der Waals surface area (Å²) in [5, 5.41) is 0. The minimum absolute atomic E-state index is 0. The molecule has 0 aliphatic carbocycles. The van der Waals surface area contributed by atoms with E-state index >= 15 is 0 Å². The van der Waals surface area contributed by atoms with E-state index in [1.807, 2.05) is 0 Å². The van der Waals surface area contributed by atoms with Crippen LogP contribution >= 0.6 is 24.0 Å². The molecule has 0 saturated heterocycles. The standard InChI is InChI=1S/C5H4N4.HI.H2/c1-4-5(8-2-6-1)9-3-7-4;;/h1-3H,(H,6,7,8,9);2*1H. The van der Waals surface area contributed by atoms with E-state index in [0.29, 0.717) is 5.65 Å². The average molecular weight is 250 g/mol. The molecule has 0 aromatic carbocycles. The number of H-pyrrole nitrogens is 1. The van der Waals surface area contributed by atoms with Gasteiger partial charge in [0.2, 0.25) is 0 Å². The molecule has 0 amide bonds. The van der Waals surface area contributed by atoms with E-state index in [4.69, 9.17) is 0 Å². The van der Waals surface area contributed by atoms with Crippen LogP contribution in [0, 0.1) is 0 Å². The summed E-state index contributed by atoms with van der Waals surface area (Å²) < 4.78 is 0. The van der Waals surface area contributed by atoms with Crippen molar-refractivity contribution in [3.05, 3.63) is 18.9 Å². The van der Waals surface area contributed by atoms with Crippen LogP contribution in [0.1, 0.15) is 1.43 Å². The Morgan fingerprint density at radius 3 is 3.10 bits per heavy atom. The summed E-state index contributed by atoms with van der Waals surface area (Å²) in [5.41, 5.74) is 1.59. The quantitative estimate of drug-likeness (QED) is 0.715. The number of halogens is 1. The Hall–Kier alpha value is -0.720. The molecule has 0 fully saturated rings.